The molecule has 37 heavy (non-hydrogen) atoms. The monoisotopic (exact) mass is 496 g/mol. The fourth-order valence-electron chi connectivity index (χ4n) is 4.52. The van der Waals surface area contributed by atoms with E-state index in [9.17, 15) is 9.59 Å². The molecule has 5 aromatic rings. The molecule has 0 bridgehead atoms. The van der Waals surface area contributed by atoms with Crippen LogP contribution in [0.5, 0.6) is 5.88 Å². The molecule has 0 fully saturated rings. The van der Waals surface area contributed by atoms with Gasteiger partial charge in [-0.3, -0.25) is 9.36 Å². The summed E-state index contributed by atoms with van der Waals surface area (Å²) in [5.41, 5.74) is 9.40. The number of ether oxygens (including phenoxy) is 1. The largest absolute Gasteiger partial charge is 0.411 e. The molecule has 6 rings (SSSR count). The molecule has 184 valence electrons. The second kappa shape index (κ2) is 8.78. The van der Waals surface area contributed by atoms with Gasteiger partial charge in [0.25, 0.3) is 5.56 Å². The number of benzene rings is 1. The summed E-state index contributed by atoms with van der Waals surface area (Å²) in [7, 11) is 0. The van der Waals surface area contributed by atoms with Crippen molar-refractivity contribution in [2.75, 3.05) is 0 Å². The molecule has 0 aliphatic carbocycles. The number of nitrogens with zero attached hydrogens (tertiary/aromatic N) is 8. The van der Waals surface area contributed by atoms with Crippen LogP contribution in [0, 0.1) is 6.92 Å². The molecule has 1 aliphatic heterocycles. The van der Waals surface area contributed by atoms with Crippen molar-refractivity contribution in [2.45, 2.75) is 25.8 Å². The molecule has 1 atom stereocenters. The summed E-state index contributed by atoms with van der Waals surface area (Å²) in [4.78, 5) is 41.0. The summed E-state index contributed by atoms with van der Waals surface area (Å²) in [6, 6.07) is 10.4. The first-order valence-corrected chi connectivity index (χ1v) is 11.4. The maximum absolute atomic E-state index is 13.3. The fourth-order valence-corrected chi connectivity index (χ4v) is 4.52. The minimum Gasteiger partial charge on any atom is -0.391 e. The van der Waals surface area contributed by atoms with E-state index < -0.39 is 6.09 Å². The van der Waals surface area contributed by atoms with Crippen molar-refractivity contribution in [3.63, 3.8) is 0 Å². The predicted octanol–water partition coefficient (Wildman–Crippen LogP) is 1.97. The number of aromatic amines is 1. The Balaban J connectivity index is 1.32. The first-order chi connectivity index (χ1) is 18.0. The van der Waals surface area contributed by atoms with Crippen molar-refractivity contribution in [2.24, 2.45) is 5.73 Å². The number of H-pyrrole nitrogens is 1. The lowest BCUT2D eigenvalue weighted by atomic mass is 10.1. The van der Waals surface area contributed by atoms with Gasteiger partial charge in [-0.25, -0.2) is 19.7 Å². The normalized spacial score (nSPS) is 14.5. The van der Waals surface area contributed by atoms with Gasteiger partial charge in [-0.15, -0.1) is 5.10 Å². The van der Waals surface area contributed by atoms with Crippen LogP contribution in [0.4, 0.5) is 4.79 Å². The van der Waals surface area contributed by atoms with E-state index in [0.717, 1.165) is 22.4 Å². The van der Waals surface area contributed by atoms with Crippen LogP contribution in [-0.4, -0.2) is 50.8 Å². The average molecular weight is 496 g/mol. The van der Waals surface area contributed by atoms with Gasteiger partial charge in [0.05, 0.1) is 29.3 Å². The molecular formula is C24H20N10O3. The quantitative estimate of drug-likeness (QED) is 0.369. The number of rotatable bonds is 5. The number of nitrogens with two attached hydrogens (primary N) is 1. The molecule has 0 unspecified atom stereocenters. The van der Waals surface area contributed by atoms with E-state index in [4.69, 9.17) is 15.5 Å². The van der Waals surface area contributed by atoms with E-state index in [1.807, 2.05) is 25.1 Å². The predicted molar refractivity (Wildman–Crippen MR) is 130 cm³/mol. The number of aromatic nitrogens is 9. The standard InChI is InChI=1S/C24H20N10O3/c1-13-2-4-18(33-12-28-31-32-33)15(8-13)16-9-22(35)34-19(5-6-20(34)29-16)23-27-11-17(30-23)14-3-7-21(26-10-14)37-24(25)36/h2-4,7-12,19H,5-6H2,1H3,(H2,25,36)(H,27,30)/t19-/m0/s1. The molecule has 1 aromatic carbocycles. The number of amides is 1. The van der Waals surface area contributed by atoms with Gasteiger partial charge in [0.2, 0.25) is 5.88 Å². The Morgan fingerprint density at radius 2 is 2.05 bits per heavy atom. The number of tetrazole rings is 1. The second-order valence-corrected chi connectivity index (χ2v) is 8.58. The first kappa shape index (κ1) is 22.3. The summed E-state index contributed by atoms with van der Waals surface area (Å²) in [5.74, 6) is 1.43. The number of hydrogen-bond acceptors (Lipinski definition) is 9. The van der Waals surface area contributed by atoms with Gasteiger partial charge in [-0.05, 0) is 42.0 Å². The molecule has 3 N–H and O–H groups in total. The third-order valence-electron chi connectivity index (χ3n) is 6.17. The van der Waals surface area contributed by atoms with Crippen molar-refractivity contribution in [3.05, 3.63) is 82.7 Å². The first-order valence-electron chi connectivity index (χ1n) is 11.4. The van der Waals surface area contributed by atoms with Gasteiger partial charge in [0, 0.05) is 35.9 Å². The van der Waals surface area contributed by atoms with Crippen molar-refractivity contribution in [3.8, 4) is 34.1 Å². The number of carbonyl (C=O) groups excluding carboxylic acids is 1. The van der Waals surface area contributed by atoms with Crippen molar-refractivity contribution in [1.82, 2.24) is 44.7 Å². The van der Waals surface area contributed by atoms with Crippen LogP contribution >= 0.6 is 0 Å². The Labute approximate surface area is 209 Å². The Kier molecular flexibility index (Phi) is 5.29. The van der Waals surface area contributed by atoms with Gasteiger partial charge < -0.3 is 15.5 Å². The zero-order chi connectivity index (χ0) is 25.5. The Bertz CT molecular complexity index is 1670. The van der Waals surface area contributed by atoms with Crippen LogP contribution in [0.2, 0.25) is 0 Å². The zero-order valence-corrected chi connectivity index (χ0v) is 19.6. The highest BCUT2D eigenvalue weighted by Crippen LogP contribution is 2.32. The Hall–Kier alpha value is -5.20. The number of primary amides is 1. The highest BCUT2D eigenvalue weighted by Gasteiger charge is 2.29. The zero-order valence-electron chi connectivity index (χ0n) is 19.6. The lowest BCUT2D eigenvalue weighted by Gasteiger charge is -2.14. The lowest BCUT2D eigenvalue weighted by molar-refractivity contribution is 0.209. The van der Waals surface area contributed by atoms with Crippen molar-refractivity contribution < 1.29 is 9.53 Å². The number of nitrogens with one attached hydrogen (secondary N) is 1. The van der Waals surface area contributed by atoms with Gasteiger partial charge in [-0.1, -0.05) is 11.6 Å². The van der Waals surface area contributed by atoms with Crippen molar-refractivity contribution >= 4 is 6.09 Å². The van der Waals surface area contributed by atoms with E-state index >= 15 is 0 Å². The lowest BCUT2D eigenvalue weighted by Crippen LogP contribution is -2.25. The van der Waals surface area contributed by atoms with Crippen LogP contribution < -0.4 is 16.0 Å². The van der Waals surface area contributed by atoms with Crippen LogP contribution in [0.1, 0.15) is 29.7 Å². The Morgan fingerprint density at radius 3 is 2.81 bits per heavy atom. The highest BCUT2D eigenvalue weighted by molar-refractivity contribution is 5.70. The molecule has 1 aliphatic rings. The van der Waals surface area contributed by atoms with Gasteiger partial charge in [0.15, 0.2) is 0 Å². The third-order valence-corrected chi connectivity index (χ3v) is 6.17. The smallest absolute Gasteiger partial charge is 0.391 e. The van der Waals surface area contributed by atoms with E-state index in [2.05, 4.69) is 30.5 Å². The van der Waals surface area contributed by atoms with Crippen LogP contribution in [-0.2, 0) is 6.42 Å². The molecule has 13 heteroatoms. The average Bonchev–Trinajstić information content (AvgIpc) is 3.65. The number of hydrogen-bond donors (Lipinski definition) is 2. The minimum absolute atomic E-state index is 0.103. The molecular weight excluding hydrogens is 476 g/mol. The molecule has 5 heterocycles. The summed E-state index contributed by atoms with van der Waals surface area (Å²) in [6.07, 6.45) is 5.10. The van der Waals surface area contributed by atoms with E-state index in [1.54, 1.807) is 27.7 Å². The number of pyridine rings is 1. The summed E-state index contributed by atoms with van der Waals surface area (Å²) >= 11 is 0. The molecule has 4 aromatic heterocycles. The number of carbonyl (C=O) groups is 1. The molecule has 0 spiro atoms. The van der Waals surface area contributed by atoms with Crippen LogP contribution in [0.25, 0.3) is 28.2 Å². The second-order valence-electron chi connectivity index (χ2n) is 8.58. The fraction of sp³-hybridized carbons (Fsp3) is 0.167. The highest BCUT2D eigenvalue weighted by atomic mass is 16.6. The van der Waals surface area contributed by atoms with Crippen LogP contribution in [0.15, 0.2) is 59.9 Å². The minimum atomic E-state index is -0.930. The van der Waals surface area contributed by atoms with Gasteiger partial charge in [-0.2, -0.15) is 4.68 Å². The van der Waals surface area contributed by atoms with Crippen molar-refractivity contribution in [1.29, 1.82) is 0 Å². The van der Waals surface area contributed by atoms with E-state index in [1.165, 1.54) is 18.5 Å². The Morgan fingerprint density at radius 1 is 1.16 bits per heavy atom. The van der Waals surface area contributed by atoms with Gasteiger partial charge in [0.1, 0.15) is 18.0 Å². The molecule has 13 nitrogen and oxygen atoms in total. The third kappa shape index (κ3) is 4.11. The van der Waals surface area contributed by atoms with E-state index in [-0.39, 0.29) is 17.5 Å². The number of aryl methyl sites for hydroxylation is 2. The molecule has 1 amide bonds. The summed E-state index contributed by atoms with van der Waals surface area (Å²) in [6.45, 7) is 1.98. The topological polar surface area (TPSA) is 172 Å². The molecule has 0 radical (unpaired) electrons. The van der Waals surface area contributed by atoms with E-state index in [0.29, 0.717) is 35.9 Å². The summed E-state index contributed by atoms with van der Waals surface area (Å²) < 4.78 is 8.00. The maximum atomic E-state index is 13.3. The number of imidazole rings is 1. The molecule has 0 saturated heterocycles. The molecule has 0 saturated carbocycles. The number of fused-ring (bicyclic) bond motifs is 1. The SMILES string of the molecule is Cc1ccc(-n2cnnn2)c(-c2cc(=O)n3c(n2)CC[C@H]3c2ncc(-c3ccc(OC(N)=O)nc3)[nH]2)c1. The summed E-state index contributed by atoms with van der Waals surface area (Å²) in [5, 5.41) is 11.4. The van der Waals surface area contributed by atoms with Crippen LogP contribution in [0.3, 0.4) is 0 Å². The maximum Gasteiger partial charge on any atom is 0.411 e. The van der Waals surface area contributed by atoms with Gasteiger partial charge >= 0.3 is 6.09 Å².